The smallest absolute Gasteiger partial charge is 0.123 e. The van der Waals surface area contributed by atoms with E-state index < -0.39 is 6.10 Å². The molecule has 0 radical (unpaired) electrons. The van der Waals surface area contributed by atoms with Crippen molar-refractivity contribution in [2.24, 2.45) is 0 Å². The minimum Gasteiger partial charge on any atom is -0.389 e. The summed E-state index contributed by atoms with van der Waals surface area (Å²) in [5.74, 6) is -0.329. The molecule has 2 aromatic rings. The molecule has 2 rings (SSSR count). The van der Waals surface area contributed by atoms with Crippen LogP contribution in [-0.2, 0) is 6.54 Å². The van der Waals surface area contributed by atoms with Crippen molar-refractivity contribution in [3.05, 3.63) is 59.7 Å². The van der Waals surface area contributed by atoms with Gasteiger partial charge in [-0.25, -0.2) is 4.39 Å². The molecule has 20 heavy (non-hydrogen) atoms. The van der Waals surface area contributed by atoms with Gasteiger partial charge in [-0.05, 0) is 49.7 Å². The molecular formula is C16H19FN2O. The molecule has 0 aliphatic rings. The number of pyridine rings is 1. The van der Waals surface area contributed by atoms with Gasteiger partial charge in [0.15, 0.2) is 0 Å². The highest BCUT2D eigenvalue weighted by Gasteiger charge is 2.14. The number of hydrogen-bond donors (Lipinski definition) is 1. The van der Waals surface area contributed by atoms with E-state index in [0.717, 1.165) is 17.8 Å². The maximum Gasteiger partial charge on any atom is 0.123 e. The first-order chi connectivity index (χ1) is 9.61. The molecule has 0 bridgehead atoms. The maximum atomic E-state index is 13.4. The SMILES string of the molecule is CCN(Cc1ccncc1)c1ccc(F)cc1[C@H](C)O. The number of aliphatic hydroxyl groups excluding tert-OH is 1. The number of halogens is 1. The fourth-order valence-electron chi connectivity index (χ4n) is 2.22. The van der Waals surface area contributed by atoms with Crippen molar-refractivity contribution in [1.82, 2.24) is 4.98 Å². The average molecular weight is 274 g/mol. The minimum absolute atomic E-state index is 0.329. The third kappa shape index (κ3) is 3.33. The van der Waals surface area contributed by atoms with Gasteiger partial charge in [0.1, 0.15) is 5.82 Å². The van der Waals surface area contributed by atoms with Crippen molar-refractivity contribution in [2.75, 3.05) is 11.4 Å². The van der Waals surface area contributed by atoms with E-state index in [1.165, 1.54) is 12.1 Å². The van der Waals surface area contributed by atoms with Gasteiger partial charge in [-0.2, -0.15) is 0 Å². The van der Waals surface area contributed by atoms with Gasteiger partial charge in [0.2, 0.25) is 0 Å². The predicted octanol–water partition coefficient (Wildman–Crippen LogP) is 3.30. The Morgan fingerprint density at radius 3 is 2.55 bits per heavy atom. The molecule has 1 heterocycles. The third-order valence-corrected chi connectivity index (χ3v) is 3.28. The lowest BCUT2D eigenvalue weighted by Crippen LogP contribution is -2.23. The topological polar surface area (TPSA) is 36.4 Å². The molecule has 0 saturated heterocycles. The number of aromatic nitrogens is 1. The van der Waals surface area contributed by atoms with E-state index in [-0.39, 0.29) is 5.82 Å². The molecule has 1 N–H and O–H groups in total. The van der Waals surface area contributed by atoms with Crippen LogP contribution in [0.5, 0.6) is 0 Å². The third-order valence-electron chi connectivity index (χ3n) is 3.28. The van der Waals surface area contributed by atoms with Crippen LogP contribution in [0.4, 0.5) is 10.1 Å². The lowest BCUT2D eigenvalue weighted by atomic mass is 10.1. The van der Waals surface area contributed by atoms with Crippen LogP contribution in [0.25, 0.3) is 0 Å². The fourth-order valence-corrected chi connectivity index (χ4v) is 2.22. The second-order valence-corrected chi connectivity index (χ2v) is 4.75. The van der Waals surface area contributed by atoms with E-state index >= 15 is 0 Å². The molecule has 4 heteroatoms. The Morgan fingerprint density at radius 1 is 1.25 bits per heavy atom. The van der Waals surface area contributed by atoms with Crippen molar-refractivity contribution in [1.29, 1.82) is 0 Å². The Morgan fingerprint density at radius 2 is 1.95 bits per heavy atom. The minimum atomic E-state index is -0.702. The maximum absolute atomic E-state index is 13.4. The normalized spacial score (nSPS) is 12.2. The van der Waals surface area contributed by atoms with Gasteiger partial charge in [0, 0.05) is 36.7 Å². The van der Waals surface area contributed by atoms with Crippen molar-refractivity contribution in [3.8, 4) is 0 Å². The van der Waals surface area contributed by atoms with Gasteiger partial charge >= 0.3 is 0 Å². The zero-order valence-electron chi connectivity index (χ0n) is 11.8. The number of anilines is 1. The summed E-state index contributed by atoms with van der Waals surface area (Å²) >= 11 is 0. The highest BCUT2D eigenvalue weighted by atomic mass is 19.1. The molecule has 0 aliphatic carbocycles. The van der Waals surface area contributed by atoms with Gasteiger partial charge in [-0.1, -0.05) is 0 Å². The summed E-state index contributed by atoms with van der Waals surface area (Å²) in [6.07, 6.45) is 2.81. The molecular weight excluding hydrogens is 255 g/mol. The number of nitrogens with zero attached hydrogens (tertiary/aromatic N) is 2. The van der Waals surface area contributed by atoms with E-state index in [4.69, 9.17) is 0 Å². The summed E-state index contributed by atoms with van der Waals surface area (Å²) in [6, 6.07) is 8.45. The molecule has 1 aromatic carbocycles. The molecule has 3 nitrogen and oxygen atoms in total. The van der Waals surface area contributed by atoms with Gasteiger partial charge < -0.3 is 10.0 Å². The van der Waals surface area contributed by atoms with Gasteiger partial charge in [0.25, 0.3) is 0 Å². The van der Waals surface area contributed by atoms with Crippen LogP contribution in [-0.4, -0.2) is 16.6 Å². The lowest BCUT2D eigenvalue weighted by Gasteiger charge is -2.26. The van der Waals surface area contributed by atoms with Gasteiger partial charge in [-0.15, -0.1) is 0 Å². The molecule has 1 aromatic heterocycles. The Hall–Kier alpha value is -1.94. The van der Waals surface area contributed by atoms with E-state index in [1.54, 1.807) is 25.4 Å². The fraction of sp³-hybridized carbons (Fsp3) is 0.312. The molecule has 0 fully saturated rings. The summed E-state index contributed by atoms with van der Waals surface area (Å²) < 4.78 is 13.4. The van der Waals surface area contributed by atoms with E-state index in [2.05, 4.69) is 9.88 Å². The monoisotopic (exact) mass is 274 g/mol. The second kappa shape index (κ2) is 6.48. The van der Waals surface area contributed by atoms with Gasteiger partial charge in [0.05, 0.1) is 6.10 Å². The summed E-state index contributed by atoms with van der Waals surface area (Å²) in [6.45, 7) is 5.16. The average Bonchev–Trinajstić information content (AvgIpc) is 2.46. The first-order valence-corrected chi connectivity index (χ1v) is 6.73. The van der Waals surface area contributed by atoms with Crippen LogP contribution >= 0.6 is 0 Å². The van der Waals surface area contributed by atoms with Crippen molar-refractivity contribution in [3.63, 3.8) is 0 Å². The Kier molecular flexibility index (Phi) is 4.69. The summed E-state index contributed by atoms with van der Waals surface area (Å²) in [5, 5.41) is 9.84. The number of hydrogen-bond acceptors (Lipinski definition) is 3. The highest BCUT2D eigenvalue weighted by Crippen LogP contribution is 2.28. The van der Waals surface area contributed by atoms with Crippen molar-refractivity contribution >= 4 is 5.69 Å². The number of aliphatic hydroxyl groups is 1. The molecule has 0 unspecified atom stereocenters. The Bertz CT molecular complexity index is 558. The first kappa shape index (κ1) is 14.5. The predicted molar refractivity (Wildman–Crippen MR) is 78.0 cm³/mol. The molecule has 0 spiro atoms. The highest BCUT2D eigenvalue weighted by molar-refractivity contribution is 5.55. The molecule has 106 valence electrons. The molecule has 1 atom stereocenters. The Labute approximate surface area is 118 Å². The summed E-state index contributed by atoms with van der Waals surface area (Å²) in [4.78, 5) is 6.11. The van der Waals surface area contributed by atoms with Crippen LogP contribution in [0.1, 0.15) is 31.1 Å². The van der Waals surface area contributed by atoms with Crippen LogP contribution < -0.4 is 4.90 Å². The zero-order chi connectivity index (χ0) is 14.5. The number of rotatable bonds is 5. The van der Waals surface area contributed by atoms with Crippen LogP contribution in [0.2, 0.25) is 0 Å². The zero-order valence-corrected chi connectivity index (χ0v) is 11.8. The largest absolute Gasteiger partial charge is 0.389 e. The van der Waals surface area contributed by atoms with Crippen molar-refractivity contribution < 1.29 is 9.50 Å². The summed E-state index contributed by atoms with van der Waals surface area (Å²) in [5.41, 5.74) is 2.60. The van der Waals surface area contributed by atoms with E-state index in [0.29, 0.717) is 12.1 Å². The molecule has 0 amide bonds. The molecule has 0 aliphatic heterocycles. The van der Waals surface area contributed by atoms with Gasteiger partial charge in [-0.3, -0.25) is 4.98 Å². The molecule has 0 saturated carbocycles. The lowest BCUT2D eigenvalue weighted by molar-refractivity contribution is 0.199. The second-order valence-electron chi connectivity index (χ2n) is 4.75. The first-order valence-electron chi connectivity index (χ1n) is 6.73. The van der Waals surface area contributed by atoms with Crippen molar-refractivity contribution in [2.45, 2.75) is 26.5 Å². The van der Waals surface area contributed by atoms with Crippen LogP contribution in [0.15, 0.2) is 42.7 Å². The summed E-state index contributed by atoms with van der Waals surface area (Å²) in [7, 11) is 0. The van der Waals surface area contributed by atoms with E-state index in [9.17, 15) is 9.50 Å². The van der Waals surface area contributed by atoms with E-state index in [1.807, 2.05) is 19.1 Å². The Balaban J connectivity index is 2.32. The van der Waals surface area contributed by atoms with Crippen LogP contribution in [0, 0.1) is 5.82 Å². The number of benzene rings is 1. The quantitative estimate of drug-likeness (QED) is 0.908. The standard InChI is InChI=1S/C16H19FN2O/c1-3-19(11-13-6-8-18-9-7-13)16-5-4-14(17)10-15(16)12(2)20/h4-10,12,20H,3,11H2,1-2H3/t12-/m0/s1. The van der Waals surface area contributed by atoms with Crippen LogP contribution in [0.3, 0.4) is 0 Å².